The van der Waals surface area contributed by atoms with E-state index >= 15 is 0 Å². The van der Waals surface area contributed by atoms with Crippen LogP contribution >= 0.6 is 0 Å². The van der Waals surface area contributed by atoms with E-state index in [1.54, 1.807) is 0 Å². The minimum Gasteiger partial charge on any atom is -0.336 e. The Hall–Kier alpha value is -1.95. The maximum Gasteiger partial charge on any atom is 0.254 e. The van der Waals surface area contributed by atoms with Crippen LogP contribution in [0.25, 0.3) is 11.0 Å². The number of unbranched alkanes of at least 4 members (excludes halogenated alkanes) is 1. The van der Waals surface area contributed by atoms with E-state index < -0.39 is 0 Å². The summed E-state index contributed by atoms with van der Waals surface area (Å²) < 4.78 is 2.03. The summed E-state index contributed by atoms with van der Waals surface area (Å²) in [5, 5.41) is 5.74. The number of piperazine rings is 1. The maximum absolute atomic E-state index is 13.6. The van der Waals surface area contributed by atoms with Crippen molar-refractivity contribution in [3.63, 3.8) is 0 Å². The minimum atomic E-state index is 0.180. The third-order valence-electron chi connectivity index (χ3n) is 6.72. The van der Waals surface area contributed by atoms with Crippen LogP contribution < -0.4 is 0 Å². The number of pyridine rings is 1. The zero-order chi connectivity index (χ0) is 19.3. The van der Waals surface area contributed by atoms with Gasteiger partial charge in [0.15, 0.2) is 5.65 Å². The standard InChI is InChI=1S/C22H31N5O/c1-3-4-10-27-21-20(15(2)24-27)18(13-19(23-21)16-7-8-16)22(28)26-12-11-25-9-5-6-17(25)14-26/h13,16-17H,3-12,14H2,1-2H3/t17-/m0/s1. The first-order chi connectivity index (χ1) is 13.7. The number of nitrogens with zero attached hydrogens (tertiary/aromatic N) is 5. The first kappa shape index (κ1) is 18.1. The Balaban J connectivity index is 1.53. The largest absolute Gasteiger partial charge is 0.336 e. The van der Waals surface area contributed by atoms with Crippen LogP contribution in [0.4, 0.5) is 0 Å². The lowest BCUT2D eigenvalue weighted by molar-refractivity contribution is 0.0573. The van der Waals surface area contributed by atoms with Gasteiger partial charge in [0.1, 0.15) is 0 Å². The maximum atomic E-state index is 13.6. The molecule has 0 unspecified atom stereocenters. The molecule has 4 heterocycles. The molecule has 6 heteroatoms. The van der Waals surface area contributed by atoms with Crippen LogP contribution in [0.5, 0.6) is 0 Å². The zero-order valence-electron chi connectivity index (χ0n) is 17.2. The van der Waals surface area contributed by atoms with Gasteiger partial charge in [-0.25, -0.2) is 9.67 Å². The highest BCUT2D eigenvalue weighted by Gasteiger charge is 2.35. The molecule has 0 radical (unpaired) electrons. The lowest BCUT2D eigenvalue weighted by Crippen LogP contribution is -2.52. The molecule has 2 aromatic heterocycles. The Kier molecular flexibility index (Phi) is 4.62. The molecule has 0 spiro atoms. The van der Waals surface area contributed by atoms with E-state index in [-0.39, 0.29) is 5.91 Å². The SMILES string of the molecule is CCCCn1nc(C)c2c(C(=O)N3CCN4CCC[C@H]4C3)cc(C3CC3)nc21. The molecular weight excluding hydrogens is 350 g/mol. The molecule has 0 N–H and O–H groups in total. The van der Waals surface area contributed by atoms with Crippen molar-refractivity contribution in [2.75, 3.05) is 26.2 Å². The van der Waals surface area contributed by atoms with E-state index in [1.807, 2.05) is 11.6 Å². The number of hydrogen-bond acceptors (Lipinski definition) is 4. The summed E-state index contributed by atoms with van der Waals surface area (Å²) in [7, 11) is 0. The molecule has 0 aromatic carbocycles. The highest BCUT2D eigenvalue weighted by atomic mass is 16.2. The van der Waals surface area contributed by atoms with Crippen molar-refractivity contribution in [3.05, 3.63) is 23.0 Å². The number of fused-ring (bicyclic) bond motifs is 2. The average Bonchev–Trinajstić information content (AvgIpc) is 3.37. The third kappa shape index (κ3) is 3.11. The van der Waals surface area contributed by atoms with E-state index in [1.165, 1.54) is 32.2 Å². The van der Waals surface area contributed by atoms with E-state index in [2.05, 4.69) is 22.8 Å². The molecule has 1 aliphatic carbocycles. The first-order valence-corrected chi connectivity index (χ1v) is 11.1. The molecule has 6 nitrogen and oxygen atoms in total. The number of aryl methyl sites for hydroxylation is 2. The summed E-state index contributed by atoms with van der Waals surface area (Å²) in [5.41, 5.74) is 3.77. The molecule has 2 aromatic rings. The Morgan fingerprint density at radius 1 is 1.21 bits per heavy atom. The van der Waals surface area contributed by atoms with Gasteiger partial charge in [-0.15, -0.1) is 0 Å². The molecule has 5 rings (SSSR count). The van der Waals surface area contributed by atoms with E-state index in [9.17, 15) is 4.79 Å². The van der Waals surface area contributed by atoms with Gasteiger partial charge in [-0.3, -0.25) is 9.69 Å². The molecule has 150 valence electrons. The molecule has 3 aliphatic rings. The molecule has 0 bridgehead atoms. The monoisotopic (exact) mass is 381 g/mol. The molecule has 28 heavy (non-hydrogen) atoms. The van der Waals surface area contributed by atoms with Gasteiger partial charge in [0.25, 0.3) is 5.91 Å². The second-order valence-corrected chi connectivity index (χ2v) is 8.81. The quantitative estimate of drug-likeness (QED) is 0.797. The lowest BCUT2D eigenvalue weighted by Gasteiger charge is -2.37. The van der Waals surface area contributed by atoms with Crippen molar-refractivity contribution < 1.29 is 4.79 Å². The van der Waals surface area contributed by atoms with Gasteiger partial charge < -0.3 is 4.90 Å². The second kappa shape index (κ2) is 7.14. The Labute approximate surface area is 166 Å². The van der Waals surface area contributed by atoms with Gasteiger partial charge in [-0.1, -0.05) is 13.3 Å². The summed E-state index contributed by atoms with van der Waals surface area (Å²) in [6, 6.07) is 2.63. The number of carbonyl (C=O) groups excluding carboxylic acids is 1. The van der Waals surface area contributed by atoms with Crippen molar-refractivity contribution in [2.45, 2.75) is 70.9 Å². The summed E-state index contributed by atoms with van der Waals surface area (Å²) >= 11 is 0. The number of hydrogen-bond donors (Lipinski definition) is 0. The number of rotatable bonds is 5. The second-order valence-electron chi connectivity index (χ2n) is 8.81. The minimum absolute atomic E-state index is 0.180. The summed E-state index contributed by atoms with van der Waals surface area (Å²) in [5.74, 6) is 0.705. The van der Waals surface area contributed by atoms with Crippen LogP contribution in [0.1, 0.15) is 73.1 Å². The fraction of sp³-hybridized carbons (Fsp3) is 0.682. The molecule has 2 aliphatic heterocycles. The molecule has 1 saturated carbocycles. The van der Waals surface area contributed by atoms with Gasteiger partial charge in [0, 0.05) is 43.8 Å². The fourth-order valence-corrected chi connectivity index (χ4v) is 4.94. The molecular formula is C22H31N5O. The van der Waals surface area contributed by atoms with Crippen LogP contribution in [0.2, 0.25) is 0 Å². The van der Waals surface area contributed by atoms with Gasteiger partial charge in [-0.2, -0.15) is 5.10 Å². The van der Waals surface area contributed by atoms with E-state index in [0.717, 1.165) is 67.0 Å². The van der Waals surface area contributed by atoms with Crippen LogP contribution in [0.3, 0.4) is 0 Å². The number of aromatic nitrogens is 3. The van der Waals surface area contributed by atoms with Crippen LogP contribution in [-0.4, -0.2) is 62.7 Å². The predicted molar refractivity (Wildman–Crippen MR) is 110 cm³/mol. The Bertz CT molecular complexity index is 900. The summed E-state index contributed by atoms with van der Waals surface area (Å²) in [6.45, 7) is 8.99. The van der Waals surface area contributed by atoms with Crippen LogP contribution in [0, 0.1) is 6.92 Å². The lowest BCUT2D eigenvalue weighted by atomic mass is 10.0. The van der Waals surface area contributed by atoms with Gasteiger partial charge in [0.2, 0.25) is 0 Å². The smallest absolute Gasteiger partial charge is 0.254 e. The summed E-state index contributed by atoms with van der Waals surface area (Å²) in [6.07, 6.45) is 7.07. The summed E-state index contributed by atoms with van der Waals surface area (Å²) in [4.78, 5) is 23.2. The van der Waals surface area contributed by atoms with Gasteiger partial charge in [0.05, 0.1) is 16.6 Å². The van der Waals surface area contributed by atoms with Crippen molar-refractivity contribution in [1.29, 1.82) is 0 Å². The molecule has 1 amide bonds. The van der Waals surface area contributed by atoms with Crippen LogP contribution in [0.15, 0.2) is 6.07 Å². The normalized spacial score (nSPS) is 22.8. The highest BCUT2D eigenvalue weighted by Crippen LogP contribution is 2.40. The number of amides is 1. The van der Waals surface area contributed by atoms with E-state index in [0.29, 0.717) is 12.0 Å². The van der Waals surface area contributed by atoms with Crippen molar-refractivity contribution >= 4 is 16.9 Å². The van der Waals surface area contributed by atoms with Crippen molar-refractivity contribution in [1.82, 2.24) is 24.6 Å². The zero-order valence-corrected chi connectivity index (χ0v) is 17.2. The molecule has 1 atom stereocenters. The predicted octanol–water partition coefficient (Wildman–Crippen LogP) is 3.34. The van der Waals surface area contributed by atoms with Crippen LogP contribution in [-0.2, 0) is 6.54 Å². The Morgan fingerprint density at radius 2 is 2.07 bits per heavy atom. The third-order valence-corrected chi connectivity index (χ3v) is 6.72. The highest BCUT2D eigenvalue weighted by molar-refractivity contribution is 6.06. The topological polar surface area (TPSA) is 54.3 Å². The molecule has 2 saturated heterocycles. The number of carbonyl (C=O) groups is 1. The first-order valence-electron chi connectivity index (χ1n) is 11.1. The average molecular weight is 382 g/mol. The van der Waals surface area contributed by atoms with Crippen molar-refractivity contribution in [3.8, 4) is 0 Å². The fourth-order valence-electron chi connectivity index (χ4n) is 4.94. The van der Waals surface area contributed by atoms with Crippen molar-refractivity contribution in [2.24, 2.45) is 0 Å². The van der Waals surface area contributed by atoms with Gasteiger partial charge >= 0.3 is 0 Å². The van der Waals surface area contributed by atoms with E-state index in [4.69, 9.17) is 10.1 Å². The Morgan fingerprint density at radius 3 is 2.86 bits per heavy atom. The van der Waals surface area contributed by atoms with Gasteiger partial charge in [-0.05, 0) is 51.6 Å². The molecule has 3 fully saturated rings.